The summed E-state index contributed by atoms with van der Waals surface area (Å²) >= 11 is 0. The van der Waals surface area contributed by atoms with Crippen molar-refractivity contribution in [2.24, 2.45) is 10.8 Å². The third-order valence-corrected chi connectivity index (χ3v) is 2.90. The van der Waals surface area contributed by atoms with Crippen LogP contribution in [0.3, 0.4) is 0 Å². The highest BCUT2D eigenvalue weighted by Gasteiger charge is 2.01. The standard InChI is InChI=1S/C14H23FN4O/c1-11-10-13(15)5-4-12(11)6-8-18-14(19-16)17-7-3-9-20-2/h4-5,10H,3,6-9,16H2,1-2H3,(H2,17,18,19). The van der Waals surface area contributed by atoms with E-state index in [1.807, 2.05) is 6.92 Å². The molecule has 112 valence electrons. The minimum Gasteiger partial charge on any atom is -0.385 e. The lowest BCUT2D eigenvalue weighted by molar-refractivity contribution is 0.197. The smallest absolute Gasteiger partial charge is 0.205 e. The Morgan fingerprint density at radius 3 is 2.90 bits per heavy atom. The molecule has 0 amide bonds. The van der Waals surface area contributed by atoms with Crippen LogP contribution >= 0.6 is 0 Å². The van der Waals surface area contributed by atoms with Crippen LogP contribution in [-0.2, 0) is 11.2 Å². The Balaban J connectivity index is 2.37. The molecule has 0 heterocycles. The number of guanidine groups is 1. The quantitative estimate of drug-likeness (QED) is 0.230. The first-order valence-corrected chi connectivity index (χ1v) is 6.66. The Bertz CT molecular complexity index is 437. The van der Waals surface area contributed by atoms with Crippen molar-refractivity contribution in [1.29, 1.82) is 0 Å². The van der Waals surface area contributed by atoms with Crippen LogP contribution in [0.1, 0.15) is 17.5 Å². The van der Waals surface area contributed by atoms with Crippen LogP contribution in [-0.4, -0.2) is 32.8 Å². The summed E-state index contributed by atoms with van der Waals surface area (Å²) in [5.41, 5.74) is 4.58. The van der Waals surface area contributed by atoms with Crippen LogP contribution in [0.15, 0.2) is 23.2 Å². The molecule has 5 nitrogen and oxygen atoms in total. The SMILES string of the molecule is COCCCN=C(NN)NCCc1ccc(F)cc1C. The zero-order valence-electron chi connectivity index (χ0n) is 12.1. The summed E-state index contributed by atoms with van der Waals surface area (Å²) in [6.07, 6.45) is 1.63. The number of nitrogens with zero attached hydrogens (tertiary/aromatic N) is 1. The fourth-order valence-corrected chi connectivity index (χ4v) is 1.81. The number of aliphatic imine (C=N–C) groups is 1. The van der Waals surface area contributed by atoms with E-state index in [0.29, 0.717) is 25.7 Å². The molecule has 0 aromatic heterocycles. The van der Waals surface area contributed by atoms with Crippen molar-refractivity contribution in [3.8, 4) is 0 Å². The molecule has 0 aliphatic heterocycles. The highest BCUT2D eigenvalue weighted by atomic mass is 19.1. The third kappa shape index (κ3) is 5.99. The molecule has 0 aliphatic carbocycles. The lowest BCUT2D eigenvalue weighted by Crippen LogP contribution is -2.42. The van der Waals surface area contributed by atoms with E-state index in [4.69, 9.17) is 10.6 Å². The fourth-order valence-electron chi connectivity index (χ4n) is 1.81. The summed E-state index contributed by atoms with van der Waals surface area (Å²) in [5.74, 6) is 5.74. The molecular weight excluding hydrogens is 259 g/mol. The predicted molar refractivity (Wildman–Crippen MR) is 79.0 cm³/mol. The van der Waals surface area contributed by atoms with Gasteiger partial charge in [0, 0.05) is 26.8 Å². The number of nitrogens with one attached hydrogen (secondary N) is 2. The van der Waals surface area contributed by atoms with Crippen molar-refractivity contribution in [3.63, 3.8) is 0 Å². The minimum atomic E-state index is -0.205. The summed E-state index contributed by atoms with van der Waals surface area (Å²) in [6.45, 7) is 3.91. The second kappa shape index (κ2) is 9.28. The number of nitrogens with two attached hydrogens (primary N) is 1. The molecule has 1 rings (SSSR count). The Morgan fingerprint density at radius 2 is 2.25 bits per heavy atom. The molecule has 4 N–H and O–H groups in total. The van der Waals surface area contributed by atoms with Crippen LogP contribution < -0.4 is 16.6 Å². The minimum absolute atomic E-state index is 0.205. The maximum atomic E-state index is 13.0. The van der Waals surface area contributed by atoms with Gasteiger partial charge in [-0.25, -0.2) is 10.2 Å². The zero-order valence-corrected chi connectivity index (χ0v) is 12.1. The van der Waals surface area contributed by atoms with Gasteiger partial charge in [-0.3, -0.25) is 10.4 Å². The molecule has 1 aromatic carbocycles. The van der Waals surface area contributed by atoms with Crippen LogP contribution in [0.4, 0.5) is 4.39 Å². The second-order valence-corrected chi connectivity index (χ2v) is 4.47. The molecule has 0 radical (unpaired) electrons. The summed E-state index contributed by atoms with van der Waals surface area (Å²) in [6, 6.07) is 4.82. The van der Waals surface area contributed by atoms with Crippen molar-refractivity contribution in [2.45, 2.75) is 19.8 Å². The van der Waals surface area contributed by atoms with Gasteiger partial charge >= 0.3 is 0 Å². The van der Waals surface area contributed by atoms with Gasteiger partial charge < -0.3 is 10.1 Å². The number of aryl methyl sites for hydroxylation is 1. The van der Waals surface area contributed by atoms with Crippen LogP contribution in [0, 0.1) is 12.7 Å². The number of rotatable bonds is 7. The normalized spacial score (nSPS) is 11.5. The second-order valence-electron chi connectivity index (χ2n) is 4.47. The molecular formula is C14H23FN4O. The summed E-state index contributed by atoms with van der Waals surface area (Å²) in [5, 5.41) is 3.12. The first-order valence-electron chi connectivity index (χ1n) is 6.66. The van der Waals surface area contributed by atoms with Crippen molar-refractivity contribution in [3.05, 3.63) is 35.1 Å². The first kappa shape index (κ1) is 16.4. The third-order valence-electron chi connectivity index (χ3n) is 2.90. The van der Waals surface area contributed by atoms with Gasteiger partial charge in [0.25, 0.3) is 0 Å². The van der Waals surface area contributed by atoms with Gasteiger partial charge in [-0.1, -0.05) is 6.07 Å². The molecule has 6 heteroatoms. The maximum Gasteiger partial charge on any atom is 0.205 e. The van der Waals surface area contributed by atoms with E-state index in [-0.39, 0.29) is 5.82 Å². The first-order chi connectivity index (χ1) is 9.67. The maximum absolute atomic E-state index is 13.0. The Hall–Kier alpha value is -1.66. The topological polar surface area (TPSA) is 71.7 Å². The van der Waals surface area contributed by atoms with Crippen molar-refractivity contribution in [2.75, 3.05) is 26.8 Å². The molecule has 0 saturated heterocycles. The number of hydrogen-bond donors (Lipinski definition) is 3. The van der Waals surface area contributed by atoms with Gasteiger partial charge in [0.1, 0.15) is 5.82 Å². The number of hydrazine groups is 1. The van der Waals surface area contributed by atoms with Crippen molar-refractivity contribution >= 4 is 5.96 Å². The number of ether oxygens (including phenoxy) is 1. The van der Waals surface area contributed by atoms with E-state index in [9.17, 15) is 4.39 Å². The van der Waals surface area contributed by atoms with E-state index in [1.54, 1.807) is 13.2 Å². The zero-order chi connectivity index (χ0) is 14.8. The lowest BCUT2D eigenvalue weighted by atomic mass is 10.1. The van der Waals surface area contributed by atoms with E-state index < -0.39 is 0 Å². The molecule has 0 saturated carbocycles. The Morgan fingerprint density at radius 1 is 1.45 bits per heavy atom. The predicted octanol–water partition coefficient (Wildman–Crippen LogP) is 1.12. The van der Waals surface area contributed by atoms with Crippen LogP contribution in [0.2, 0.25) is 0 Å². The van der Waals surface area contributed by atoms with Crippen molar-refractivity contribution in [1.82, 2.24) is 10.7 Å². The van der Waals surface area contributed by atoms with E-state index >= 15 is 0 Å². The molecule has 0 bridgehead atoms. The lowest BCUT2D eigenvalue weighted by Gasteiger charge is -2.10. The van der Waals surface area contributed by atoms with Crippen molar-refractivity contribution < 1.29 is 9.13 Å². The monoisotopic (exact) mass is 282 g/mol. The Kier molecular flexibility index (Phi) is 7.60. The summed E-state index contributed by atoms with van der Waals surface area (Å²) in [4.78, 5) is 4.28. The molecule has 1 aromatic rings. The molecule has 0 fully saturated rings. The van der Waals surface area contributed by atoms with Crippen LogP contribution in [0.5, 0.6) is 0 Å². The van der Waals surface area contributed by atoms with Gasteiger partial charge in [0.05, 0.1) is 0 Å². The van der Waals surface area contributed by atoms with Gasteiger partial charge in [0.2, 0.25) is 5.96 Å². The van der Waals surface area contributed by atoms with Gasteiger partial charge in [-0.05, 0) is 43.0 Å². The molecule has 0 unspecified atom stereocenters. The molecule has 20 heavy (non-hydrogen) atoms. The largest absolute Gasteiger partial charge is 0.385 e. The number of benzene rings is 1. The van der Waals surface area contributed by atoms with Crippen LogP contribution in [0.25, 0.3) is 0 Å². The van der Waals surface area contributed by atoms with Gasteiger partial charge in [-0.15, -0.1) is 0 Å². The molecule has 0 aliphatic rings. The number of halogens is 1. The van der Waals surface area contributed by atoms with E-state index in [0.717, 1.165) is 24.0 Å². The number of methoxy groups -OCH3 is 1. The molecule has 0 atom stereocenters. The Labute approximate surface area is 119 Å². The van der Waals surface area contributed by atoms with Gasteiger partial charge in [0.15, 0.2) is 0 Å². The fraction of sp³-hybridized carbons (Fsp3) is 0.500. The highest BCUT2D eigenvalue weighted by molar-refractivity contribution is 5.79. The molecule has 0 spiro atoms. The average molecular weight is 282 g/mol. The number of hydrogen-bond acceptors (Lipinski definition) is 3. The van der Waals surface area contributed by atoms with Gasteiger partial charge in [-0.2, -0.15) is 0 Å². The summed E-state index contributed by atoms with van der Waals surface area (Å²) < 4.78 is 17.9. The average Bonchev–Trinajstić information content (AvgIpc) is 2.43. The van der Waals surface area contributed by atoms with E-state index in [1.165, 1.54) is 12.1 Å². The van der Waals surface area contributed by atoms with E-state index in [2.05, 4.69) is 15.7 Å². The summed E-state index contributed by atoms with van der Waals surface area (Å²) in [7, 11) is 1.66. The highest BCUT2D eigenvalue weighted by Crippen LogP contribution is 2.10.